The van der Waals surface area contributed by atoms with Crippen LogP contribution in [-0.4, -0.2) is 6.04 Å². The third-order valence-corrected chi connectivity index (χ3v) is 2.54. The molecule has 0 radical (unpaired) electrons. The van der Waals surface area contributed by atoms with Gasteiger partial charge in [0.1, 0.15) is 0 Å². The van der Waals surface area contributed by atoms with Gasteiger partial charge in [-0.3, -0.25) is 0 Å². The van der Waals surface area contributed by atoms with Gasteiger partial charge in [0.2, 0.25) is 0 Å². The van der Waals surface area contributed by atoms with Gasteiger partial charge in [-0.1, -0.05) is 17.5 Å². The molecule has 0 bridgehead atoms. The van der Waals surface area contributed by atoms with Crippen LogP contribution in [0, 0.1) is 15.9 Å². The largest absolute Gasteiger partial charge is 0.371 e. The molecule has 0 saturated carbocycles. The average molecular weight is 306 g/mol. The van der Waals surface area contributed by atoms with Gasteiger partial charge in [-0.15, -0.1) is 6.42 Å². The molecule has 0 aliphatic rings. The zero-order valence-corrected chi connectivity index (χ0v) is 10.1. The molecule has 1 unspecified atom stereocenters. The summed E-state index contributed by atoms with van der Waals surface area (Å²) in [7, 11) is 0. The Hall–Kier alpha value is -0.400. The first-order valence-corrected chi connectivity index (χ1v) is 5.27. The van der Waals surface area contributed by atoms with Gasteiger partial charge in [-0.2, -0.15) is 0 Å². The summed E-state index contributed by atoms with van der Waals surface area (Å²) in [5, 5.41) is 3.82. The van der Waals surface area contributed by atoms with Crippen LogP contribution in [0.3, 0.4) is 0 Å². The molecular formula is C10H9ClIN. The lowest BCUT2D eigenvalue weighted by Gasteiger charge is -2.10. The van der Waals surface area contributed by atoms with Crippen LogP contribution in [0.25, 0.3) is 0 Å². The number of hydrogen-bond donors (Lipinski definition) is 1. The molecule has 1 aromatic carbocycles. The second-order valence-corrected chi connectivity index (χ2v) is 4.31. The zero-order chi connectivity index (χ0) is 9.84. The summed E-state index contributed by atoms with van der Waals surface area (Å²) in [6.45, 7) is 1.91. The fourth-order valence-electron chi connectivity index (χ4n) is 0.881. The molecule has 0 heterocycles. The number of rotatable bonds is 2. The average Bonchev–Trinajstić information content (AvgIpc) is 2.09. The Morgan fingerprint density at radius 2 is 2.31 bits per heavy atom. The van der Waals surface area contributed by atoms with E-state index in [0.29, 0.717) is 5.02 Å². The van der Waals surface area contributed by atoms with Crippen LogP contribution in [0.15, 0.2) is 18.2 Å². The first kappa shape index (κ1) is 10.7. The number of anilines is 1. The van der Waals surface area contributed by atoms with E-state index in [2.05, 4.69) is 33.8 Å². The van der Waals surface area contributed by atoms with Gasteiger partial charge >= 0.3 is 0 Å². The molecule has 1 rings (SSSR count). The molecule has 1 nitrogen and oxygen atoms in total. The number of halogens is 2. The summed E-state index contributed by atoms with van der Waals surface area (Å²) in [4.78, 5) is 0. The molecule has 0 spiro atoms. The van der Waals surface area contributed by atoms with Crippen LogP contribution >= 0.6 is 34.2 Å². The number of terminal acetylenes is 1. The van der Waals surface area contributed by atoms with E-state index >= 15 is 0 Å². The topological polar surface area (TPSA) is 12.0 Å². The van der Waals surface area contributed by atoms with Crippen LogP contribution in [0.1, 0.15) is 6.92 Å². The van der Waals surface area contributed by atoms with E-state index in [1.165, 1.54) is 0 Å². The Morgan fingerprint density at radius 3 is 2.85 bits per heavy atom. The van der Waals surface area contributed by atoms with Crippen molar-refractivity contribution in [3.8, 4) is 12.3 Å². The van der Waals surface area contributed by atoms with Crippen molar-refractivity contribution < 1.29 is 0 Å². The van der Waals surface area contributed by atoms with E-state index < -0.39 is 0 Å². The van der Waals surface area contributed by atoms with Crippen LogP contribution in [0.5, 0.6) is 0 Å². The third kappa shape index (κ3) is 3.09. The maximum atomic E-state index is 5.99. The van der Waals surface area contributed by atoms with Crippen molar-refractivity contribution in [3.05, 3.63) is 26.8 Å². The lowest BCUT2D eigenvalue weighted by Crippen LogP contribution is -2.12. The highest BCUT2D eigenvalue weighted by atomic mass is 127. The van der Waals surface area contributed by atoms with Gasteiger partial charge in [0, 0.05) is 3.57 Å². The van der Waals surface area contributed by atoms with Gasteiger partial charge < -0.3 is 5.32 Å². The van der Waals surface area contributed by atoms with Gasteiger partial charge in [-0.05, 0) is 47.7 Å². The van der Waals surface area contributed by atoms with Crippen molar-refractivity contribution in [3.63, 3.8) is 0 Å². The standard InChI is InChI=1S/C10H9ClIN/c1-3-7(2)13-10-5-4-8(12)6-9(10)11/h1,4-7,13H,2H3. The fraction of sp³-hybridized carbons (Fsp3) is 0.200. The molecule has 3 heteroatoms. The molecule has 0 fully saturated rings. The summed E-state index contributed by atoms with van der Waals surface area (Å²) in [5.41, 5.74) is 0.882. The first-order valence-electron chi connectivity index (χ1n) is 3.81. The Morgan fingerprint density at radius 1 is 1.62 bits per heavy atom. The Labute approximate surface area is 97.0 Å². The summed E-state index contributed by atoms with van der Waals surface area (Å²) < 4.78 is 1.11. The van der Waals surface area contributed by atoms with E-state index in [1.807, 2.05) is 25.1 Å². The second kappa shape index (κ2) is 4.73. The van der Waals surface area contributed by atoms with E-state index in [1.54, 1.807) is 0 Å². The van der Waals surface area contributed by atoms with E-state index in [9.17, 15) is 0 Å². The highest BCUT2D eigenvalue weighted by Gasteiger charge is 2.02. The molecule has 1 atom stereocenters. The van der Waals surface area contributed by atoms with Gasteiger partial charge in [-0.25, -0.2) is 0 Å². The second-order valence-electron chi connectivity index (χ2n) is 2.66. The minimum Gasteiger partial charge on any atom is -0.371 e. The minimum absolute atomic E-state index is 0.00226. The molecule has 0 amide bonds. The molecule has 0 aromatic heterocycles. The van der Waals surface area contributed by atoms with Gasteiger partial charge in [0.15, 0.2) is 0 Å². The highest BCUT2D eigenvalue weighted by molar-refractivity contribution is 14.1. The molecule has 1 aromatic rings. The molecular weight excluding hydrogens is 296 g/mol. The van der Waals surface area contributed by atoms with E-state index in [4.69, 9.17) is 18.0 Å². The first-order chi connectivity index (χ1) is 6.13. The van der Waals surface area contributed by atoms with E-state index in [0.717, 1.165) is 9.26 Å². The predicted molar refractivity (Wildman–Crippen MR) is 66.1 cm³/mol. The van der Waals surface area contributed by atoms with E-state index in [-0.39, 0.29) is 6.04 Å². The zero-order valence-electron chi connectivity index (χ0n) is 7.14. The summed E-state index contributed by atoms with van der Waals surface area (Å²) in [6, 6.07) is 5.81. The smallest absolute Gasteiger partial charge is 0.0846 e. The fourth-order valence-corrected chi connectivity index (χ4v) is 1.79. The molecule has 0 aliphatic carbocycles. The SMILES string of the molecule is C#CC(C)Nc1ccc(I)cc1Cl. The van der Waals surface area contributed by atoms with Crippen molar-refractivity contribution in [2.75, 3.05) is 5.32 Å². The van der Waals surface area contributed by atoms with Crippen molar-refractivity contribution in [2.45, 2.75) is 13.0 Å². The quantitative estimate of drug-likeness (QED) is 0.652. The number of hydrogen-bond acceptors (Lipinski definition) is 1. The highest BCUT2D eigenvalue weighted by Crippen LogP contribution is 2.24. The van der Waals surface area contributed by atoms with Crippen LogP contribution in [0.2, 0.25) is 5.02 Å². The van der Waals surface area contributed by atoms with Gasteiger partial charge in [0.25, 0.3) is 0 Å². The maximum Gasteiger partial charge on any atom is 0.0846 e. The number of nitrogens with one attached hydrogen (secondary N) is 1. The molecule has 68 valence electrons. The summed E-state index contributed by atoms with van der Waals surface area (Å²) in [6.07, 6.45) is 5.24. The number of benzene rings is 1. The normalized spacial score (nSPS) is 11.8. The molecule has 13 heavy (non-hydrogen) atoms. The van der Waals surface area contributed by atoms with Crippen molar-refractivity contribution >= 4 is 39.9 Å². The van der Waals surface area contributed by atoms with Crippen molar-refractivity contribution in [1.29, 1.82) is 0 Å². The van der Waals surface area contributed by atoms with Crippen molar-refractivity contribution in [2.24, 2.45) is 0 Å². The molecule has 1 N–H and O–H groups in total. The third-order valence-electron chi connectivity index (χ3n) is 1.55. The monoisotopic (exact) mass is 305 g/mol. The Kier molecular flexibility index (Phi) is 3.89. The van der Waals surface area contributed by atoms with Crippen LogP contribution in [0.4, 0.5) is 5.69 Å². The summed E-state index contributed by atoms with van der Waals surface area (Å²) in [5.74, 6) is 2.58. The molecule has 0 aliphatic heterocycles. The Balaban J connectivity index is 2.85. The Bertz CT molecular complexity index is 343. The van der Waals surface area contributed by atoms with Crippen LogP contribution in [-0.2, 0) is 0 Å². The van der Waals surface area contributed by atoms with Crippen molar-refractivity contribution in [1.82, 2.24) is 0 Å². The lowest BCUT2D eigenvalue weighted by molar-refractivity contribution is 1.04. The lowest BCUT2D eigenvalue weighted by atomic mass is 10.3. The molecule has 0 saturated heterocycles. The predicted octanol–water partition coefficient (Wildman–Crippen LogP) is 3.38. The van der Waals surface area contributed by atoms with Gasteiger partial charge in [0.05, 0.1) is 16.8 Å². The van der Waals surface area contributed by atoms with Crippen LogP contribution < -0.4 is 5.32 Å². The summed E-state index contributed by atoms with van der Waals surface area (Å²) >= 11 is 8.21. The minimum atomic E-state index is -0.00226. The maximum absolute atomic E-state index is 5.99.